The lowest BCUT2D eigenvalue weighted by atomic mass is 9.92. The molecule has 0 aromatic heterocycles. The minimum atomic E-state index is -0.259. The lowest BCUT2D eigenvalue weighted by Crippen LogP contribution is -2.23. The molecule has 2 aromatic carbocycles. The molecule has 0 amide bonds. The highest BCUT2D eigenvalue weighted by molar-refractivity contribution is 9.10. The van der Waals surface area contributed by atoms with E-state index in [1.807, 2.05) is 19.2 Å². The van der Waals surface area contributed by atoms with Crippen LogP contribution >= 0.6 is 15.9 Å². The SMILES string of the molecule is CNCC(Cc1ccccc1F)Cc1ccc(F)cc1Br. The Morgan fingerprint density at radius 1 is 1.05 bits per heavy atom. The highest BCUT2D eigenvalue weighted by Gasteiger charge is 2.14. The zero-order chi connectivity index (χ0) is 15.2. The molecule has 21 heavy (non-hydrogen) atoms. The van der Waals surface area contributed by atoms with Crippen molar-refractivity contribution in [2.24, 2.45) is 5.92 Å². The van der Waals surface area contributed by atoms with Gasteiger partial charge < -0.3 is 5.32 Å². The molecular weight excluding hydrogens is 336 g/mol. The van der Waals surface area contributed by atoms with Gasteiger partial charge in [-0.15, -0.1) is 0 Å². The first-order valence-corrected chi connectivity index (χ1v) is 7.71. The fraction of sp³-hybridized carbons (Fsp3) is 0.294. The highest BCUT2D eigenvalue weighted by Crippen LogP contribution is 2.23. The third kappa shape index (κ3) is 4.61. The van der Waals surface area contributed by atoms with Gasteiger partial charge in [0.1, 0.15) is 11.6 Å². The van der Waals surface area contributed by atoms with E-state index in [4.69, 9.17) is 0 Å². The van der Waals surface area contributed by atoms with E-state index in [9.17, 15) is 8.78 Å². The minimum absolute atomic E-state index is 0.170. The van der Waals surface area contributed by atoms with Gasteiger partial charge in [-0.2, -0.15) is 0 Å². The molecule has 0 aliphatic carbocycles. The van der Waals surface area contributed by atoms with E-state index in [1.54, 1.807) is 12.1 Å². The van der Waals surface area contributed by atoms with Crippen LogP contribution in [-0.2, 0) is 12.8 Å². The van der Waals surface area contributed by atoms with E-state index >= 15 is 0 Å². The largest absolute Gasteiger partial charge is 0.319 e. The van der Waals surface area contributed by atoms with Crippen molar-refractivity contribution in [2.45, 2.75) is 12.8 Å². The quantitative estimate of drug-likeness (QED) is 0.813. The second kappa shape index (κ2) is 7.66. The van der Waals surface area contributed by atoms with Gasteiger partial charge in [-0.1, -0.05) is 40.2 Å². The first kappa shape index (κ1) is 16.1. The van der Waals surface area contributed by atoms with Crippen molar-refractivity contribution < 1.29 is 8.78 Å². The first-order chi connectivity index (χ1) is 10.1. The van der Waals surface area contributed by atoms with E-state index in [1.165, 1.54) is 18.2 Å². The van der Waals surface area contributed by atoms with Crippen LogP contribution in [0.4, 0.5) is 8.78 Å². The van der Waals surface area contributed by atoms with Crippen LogP contribution in [0.25, 0.3) is 0 Å². The third-order valence-electron chi connectivity index (χ3n) is 3.48. The lowest BCUT2D eigenvalue weighted by Gasteiger charge is -2.18. The van der Waals surface area contributed by atoms with Crippen LogP contribution in [0.3, 0.4) is 0 Å². The van der Waals surface area contributed by atoms with Gasteiger partial charge in [0, 0.05) is 4.47 Å². The van der Waals surface area contributed by atoms with Gasteiger partial charge in [0.05, 0.1) is 0 Å². The molecule has 4 heteroatoms. The molecule has 0 heterocycles. The van der Waals surface area contributed by atoms with E-state index in [2.05, 4.69) is 21.2 Å². The number of hydrogen-bond acceptors (Lipinski definition) is 1. The summed E-state index contributed by atoms with van der Waals surface area (Å²) in [7, 11) is 1.88. The Morgan fingerprint density at radius 3 is 2.43 bits per heavy atom. The Morgan fingerprint density at radius 2 is 1.76 bits per heavy atom. The number of nitrogens with one attached hydrogen (secondary N) is 1. The molecule has 0 fully saturated rings. The second-order valence-corrected chi connectivity index (χ2v) is 6.01. The van der Waals surface area contributed by atoms with Crippen molar-refractivity contribution in [2.75, 3.05) is 13.6 Å². The lowest BCUT2D eigenvalue weighted by molar-refractivity contribution is 0.479. The highest BCUT2D eigenvalue weighted by atomic mass is 79.9. The number of hydrogen-bond donors (Lipinski definition) is 1. The predicted molar refractivity (Wildman–Crippen MR) is 85.3 cm³/mol. The van der Waals surface area contributed by atoms with Crippen LogP contribution in [0.5, 0.6) is 0 Å². The summed E-state index contributed by atoms with van der Waals surface area (Å²) >= 11 is 3.39. The van der Waals surface area contributed by atoms with E-state index in [-0.39, 0.29) is 17.6 Å². The predicted octanol–water partition coefficient (Wildman–Crippen LogP) is 4.35. The van der Waals surface area contributed by atoms with Crippen LogP contribution in [0.2, 0.25) is 0 Å². The molecule has 1 N–H and O–H groups in total. The van der Waals surface area contributed by atoms with Gasteiger partial charge in [-0.3, -0.25) is 0 Å². The maximum Gasteiger partial charge on any atom is 0.126 e. The molecule has 2 aromatic rings. The van der Waals surface area contributed by atoms with Gasteiger partial charge in [0.2, 0.25) is 0 Å². The molecule has 0 radical (unpaired) electrons. The van der Waals surface area contributed by atoms with E-state index in [0.29, 0.717) is 6.42 Å². The van der Waals surface area contributed by atoms with Crippen LogP contribution in [0, 0.1) is 17.6 Å². The molecule has 2 rings (SSSR count). The van der Waals surface area contributed by atoms with Crippen molar-refractivity contribution >= 4 is 15.9 Å². The maximum atomic E-state index is 13.8. The maximum absolute atomic E-state index is 13.8. The monoisotopic (exact) mass is 353 g/mol. The average molecular weight is 354 g/mol. The molecule has 0 saturated carbocycles. The van der Waals surface area contributed by atoms with Gasteiger partial charge in [-0.25, -0.2) is 8.78 Å². The molecule has 0 aliphatic heterocycles. The van der Waals surface area contributed by atoms with Crippen molar-refractivity contribution in [3.05, 3.63) is 69.7 Å². The van der Waals surface area contributed by atoms with Crippen LogP contribution < -0.4 is 5.32 Å². The van der Waals surface area contributed by atoms with Gasteiger partial charge in [0.25, 0.3) is 0 Å². The zero-order valence-corrected chi connectivity index (χ0v) is 13.5. The summed E-state index contributed by atoms with van der Waals surface area (Å²) in [4.78, 5) is 0. The summed E-state index contributed by atoms with van der Waals surface area (Å²) in [6, 6.07) is 11.6. The summed E-state index contributed by atoms with van der Waals surface area (Å²) < 4.78 is 27.7. The van der Waals surface area contributed by atoms with E-state index in [0.717, 1.165) is 28.6 Å². The molecule has 0 bridgehead atoms. The number of benzene rings is 2. The Balaban J connectivity index is 2.14. The summed E-state index contributed by atoms with van der Waals surface area (Å²) in [5.41, 5.74) is 1.75. The standard InChI is InChI=1S/C17H18BrF2N/c1-21-11-12(9-14-4-2-3-5-17(14)20)8-13-6-7-15(19)10-16(13)18/h2-7,10,12,21H,8-9,11H2,1H3. The smallest absolute Gasteiger partial charge is 0.126 e. The zero-order valence-electron chi connectivity index (χ0n) is 11.9. The average Bonchev–Trinajstić information content (AvgIpc) is 2.44. The van der Waals surface area contributed by atoms with Gasteiger partial charge in [-0.05, 0) is 61.7 Å². The van der Waals surface area contributed by atoms with Gasteiger partial charge in [0.15, 0.2) is 0 Å². The van der Waals surface area contributed by atoms with Crippen LogP contribution in [0.15, 0.2) is 46.9 Å². The Hall–Kier alpha value is -1.26. The number of halogens is 3. The molecule has 0 saturated heterocycles. The molecule has 0 spiro atoms. The molecule has 1 unspecified atom stereocenters. The van der Waals surface area contributed by atoms with Gasteiger partial charge >= 0.3 is 0 Å². The van der Waals surface area contributed by atoms with Crippen LogP contribution in [0.1, 0.15) is 11.1 Å². The Kier molecular flexibility index (Phi) is 5.88. The minimum Gasteiger partial charge on any atom is -0.319 e. The molecule has 0 aliphatic rings. The molecule has 1 nitrogen and oxygen atoms in total. The summed E-state index contributed by atoms with van der Waals surface area (Å²) in [6.45, 7) is 0.776. The van der Waals surface area contributed by atoms with Crippen molar-refractivity contribution in [3.63, 3.8) is 0 Å². The molecule has 112 valence electrons. The summed E-state index contributed by atoms with van der Waals surface area (Å²) in [5.74, 6) is -0.185. The van der Waals surface area contributed by atoms with E-state index < -0.39 is 0 Å². The first-order valence-electron chi connectivity index (χ1n) is 6.92. The fourth-order valence-corrected chi connectivity index (χ4v) is 2.99. The van der Waals surface area contributed by atoms with Crippen molar-refractivity contribution in [1.29, 1.82) is 0 Å². The molecular formula is C17H18BrF2N. The fourth-order valence-electron chi connectivity index (χ4n) is 2.48. The summed E-state index contributed by atoms with van der Waals surface area (Å²) in [6.07, 6.45) is 1.41. The summed E-state index contributed by atoms with van der Waals surface area (Å²) in [5, 5.41) is 3.15. The molecule has 1 atom stereocenters. The number of rotatable bonds is 6. The Labute approximate surface area is 132 Å². The normalized spacial score (nSPS) is 12.4. The van der Waals surface area contributed by atoms with Crippen molar-refractivity contribution in [3.8, 4) is 0 Å². The topological polar surface area (TPSA) is 12.0 Å². The van der Waals surface area contributed by atoms with Crippen LogP contribution in [-0.4, -0.2) is 13.6 Å². The Bertz CT molecular complexity index is 601. The third-order valence-corrected chi connectivity index (χ3v) is 4.22. The second-order valence-electron chi connectivity index (χ2n) is 5.16. The van der Waals surface area contributed by atoms with Crippen molar-refractivity contribution in [1.82, 2.24) is 5.32 Å².